The fraction of sp³-hybridized carbons (Fsp3) is 0.941. The lowest BCUT2D eigenvalue weighted by Gasteiger charge is -2.62. The molecule has 0 unspecified atom stereocenters. The highest BCUT2D eigenvalue weighted by molar-refractivity contribution is 5.66. The molecule has 2 aliphatic heterocycles. The van der Waals surface area contributed by atoms with E-state index >= 15 is 0 Å². The van der Waals surface area contributed by atoms with E-state index in [0.29, 0.717) is 35.3 Å². The van der Waals surface area contributed by atoms with Crippen LogP contribution < -0.4 is 0 Å². The molecule has 0 bridgehead atoms. The second kappa shape index (κ2) is 11.5. The van der Waals surface area contributed by atoms with Crippen molar-refractivity contribution in [3.05, 3.63) is 0 Å². The zero-order chi connectivity index (χ0) is 28.1. The van der Waals surface area contributed by atoms with E-state index in [1.807, 2.05) is 0 Å². The van der Waals surface area contributed by atoms with Crippen LogP contribution in [0.5, 0.6) is 0 Å². The molecule has 0 spiro atoms. The molecule has 2 saturated heterocycles. The molecule has 0 N–H and O–H groups in total. The first-order valence-electron chi connectivity index (χ1n) is 17.0. The van der Waals surface area contributed by atoms with Gasteiger partial charge in [-0.1, -0.05) is 33.1 Å². The van der Waals surface area contributed by atoms with Crippen LogP contribution in [0.3, 0.4) is 0 Å². The Kier molecular flexibility index (Phi) is 8.33. The monoisotopic (exact) mass is 556 g/mol. The van der Waals surface area contributed by atoms with Crippen molar-refractivity contribution in [2.24, 2.45) is 34.5 Å². The SMILES string of the molecule is CC(=O)O[C@H]1C[C@@H]2CC[C@@H]3[C@H](CC[C@@]4(C)[C@H]3C[C@H](N3CCCCCC3)[C@@H]4OC(C)=O)[C@@]2(C)C[C@@H]1N1CCCCC1. The Morgan fingerprint density at radius 3 is 1.90 bits per heavy atom. The van der Waals surface area contributed by atoms with Crippen LogP contribution in [-0.4, -0.2) is 72.2 Å². The molecular weight excluding hydrogens is 500 g/mol. The van der Waals surface area contributed by atoms with Gasteiger partial charge in [-0.05, 0) is 126 Å². The minimum atomic E-state index is -0.111. The second-order valence-corrected chi connectivity index (χ2v) is 15.2. The summed E-state index contributed by atoms with van der Waals surface area (Å²) in [4.78, 5) is 30.0. The highest BCUT2D eigenvalue weighted by atomic mass is 16.5. The number of nitrogens with zero attached hydrogens (tertiary/aromatic N) is 2. The van der Waals surface area contributed by atoms with Gasteiger partial charge in [-0.15, -0.1) is 0 Å². The van der Waals surface area contributed by atoms with E-state index in [1.165, 1.54) is 83.5 Å². The van der Waals surface area contributed by atoms with Gasteiger partial charge in [0.15, 0.2) is 0 Å². The van der Waals surface area contributed by atoms with Crippen LogP contribution in [0.25, 0.3) is 0 Å². The summed E-state index contributed by atoms with van der Waals surface area (Å²) in [5.74, 6) is 2.48. The van der Waals surface area contributed by atoms with Gasteiger partial charge in [0.25, 0.3) is 0 Å². The quantitative estimate of drug-likeness (QED) is 0.384. The van der Waals surface area contributed by atoms with Gasteiger partial charge >= 0.3 is 11.9 Å². The molecule has 40 heavy (non-hydrogen) atoms. The summed E-state index contributed by atoms with van der Waals surface area (Å²) < 4.78 is 12.4. The van der Waals surface area contributed by atoms with Gasteiger partial charge in [0, 0.05) is 31.3 Å². The van der Waals surface area contributed by atoms with E-state index in [2.05, 4.69) is 23.6 Å². The van der Waals surface area contributed by atoms with Crippen molar-refractivity contribution < 1.29 is 19.1 Å². The largest absolute Gasteiger partial charge is 0.461 e. The van der Waals surface area contributed by atoms with Crippen LogP contribution in [0.2, 0.25) is 0 Å². The van der Waals surface area contributed by atoms with Gasteiger partial charge in [-0.25, -0.2) is 0 Å². The van der Waals surface area contributed by atoms with E-state index in [-0.39, 0.29) is 29.6 Å². The molecule has 4 aliphatic carbocycles. The summed E-state index contributed by atoms with van der Waals surface area (Å²) in [6.45, 7) is 13.0. The highest BCUT2D eigenvalue weighted by Crippen LogP contribution is 2.67. The molecule has 6 rings (SSSR count). The Hall–Kier alpha value is -1.14. The molecule has 0 amide bonds. The van der Waals surface area contributed by atoms with Crippen molar-refractivity contribution in [2.45, 2.75) is 142 Å². The third-order valence-corrected chi connectivity index (χ3v) is 13.2. The average molecular weight is 557 g/mol. The van der Waals surface area contributed by atoms with Gasteiger partial charge < -0.3 is 9.47 Å². The van der Waals surface area contributed by atoms with Gasteiger partial charge in [-0.2, -0.15) is 0 Å². The fourth-order valence-electron chi connectivity index (χ4n) is 11.3. The Morgan fingerprint density at radius 2 is 1.27 bits per heavy atom. The summed E-state index contributed by atoms with van der Waals surface area (Å²) in [6, 6.07) is 0.738. The van der Waals surface area contributed by atoms with E-state index in [9.17, 15) is 9.59 Å². The van der Waals surface area contributed by atoms with Crippen molar-refractivity contribution >= 4 is 11.9 Å². The van der Waals surface area contributed by atoms with E-state index in [0.717, 1.165) is 38.5 Å². The molecule has 4 saturated carbocycles. The van der Waals surface area contributed by atoms with E-state index in [4.69, 9.17) is 9.47 Å². The molecule has 0 aromatic heterocycles. The predicted molar refractivity (Wildman–Crippen MR) is 157 cm³/mol. The second-order valence-electron chi connectivity index (χ2n) is 15.2. The average Bonchev–Trinajstić information content (AvgIpc) is 3.06. The van der Waals surface area contributed by atoms with Crippen molar-refractivity contribution in [1.82, 2.24) is 9.80 Å². The Bertz CT molecular complexity index is 927. The minimum absolute atomic E-state index is 0.0281. The highest BCUT2D eigenvalue weighted by Gasteiger charge is 2.65. The van der Waals surface area contributed by atoms with Crippen LogP contribution >= 0.6 is 0 Å². The predicted octanol–water partition coefficient (Wildman–Crippen LogP) is 6.21. The van der Waals surface area contributed by atoms with Gasteiger partial charge in [0.2, 0.25) is 0 Å². The van der Waals surface area contributed by atoms with E-state index < -0.39 is 0 Å². The summed E-state index contributed by atoms with van der Waals surface area (Å²) >= 11 is 0. The topological polar surface area (TPSA) is 59.1 Å². The minimum Gasteiger partial charge on any atom is -0.461 e. The third-order valence-electron chi connectivity index (χ3n) is 13.2. The molecule has 0 radical (unpaired) electrons. The van der Waals surface area contributed by atoms with Gasteiger partial charge in [0.05, 0.1) is 0 Å². The molecule has 226 valence electrons. The Balaban J connectivity index is 1.27. The lowest BCUT2D eigenvalue weighted by molar-refractivity contribution is -0.180. The number of esters is 2. The van der Waals surface area contributed by atoms with Crippen LogP contribution in [-0.2, 0) is 19.1 Å². The Labute approximate surface area is 243 Å². The first-order valence-corrected chi connectivity index (χ1v) is 17.0. The molecule has 2 heterocycles. The molecule has 6 heteroatoms. The molecule has 0 aromatic rings. The summed E-state index contributed by atoms with van der Waals surface area (Å²) in [6.07, 6.45) is 17.5. The van der Waals surface area contributed by atoms with Crippen molar-refractivity contribution in [3.8, 4) is 0 Å². The Morgan fingerprint density at radius 1 is 0.675 bits per heavy atom. The van der Waals surface area contributed by atoms with Crippen molar-refractivity contribution in [1.29, 1.82) is 0 Å². The summed E-state index contributed by atoms with van der Waals surface area (Å²) in [5.41, 5.74) is 0.370. The van der Waals surface area contributed by atoms with Gasteiger partial charge in [0.1, 0.15) is 12.2 Å². The first kappa shape index (κ1) is 29.0. The number of likely N-dealkylation sites (tertiary alicyclic amines) is 2. The maximum Gasteiger partial charge on any atom is 0.302 e. The van der Waals surface area contributed by atoms with Crippen LogP contribution in [0.1, 0.15) is 118 Å². The van der Waals surface area contributed by atoms with Crippen LogP contribution in [0, 0.1) is 34.5 Å². The number of hydrogen-bond donors (Lipinski definition) is 0. The number of ether oxygens (including phenoxy) is 2. The number of carbonyl (C=O) groups is 2. The van der Waals surface area contributed by atoms with Crippen LogP contribution in [0.4, 0.5) is 0 Å². The molecule has 6 aliphatic rings. The molecule has 6 fully saturated rings. The molecule has 6 nitrogen and oxygen atoms in total. The smallest absolute Gasteiger partial charge is 0.302 e. The van der Waals surface area contributed by atoms with Crippen molar-refractivity contribution in [3.63, 3.8) is 0 Å². The maximum atomic E-state index is 12.4. The van der Waals surface area contributed by atoms with Crippen molar-refractivity contribution in [2.75, 3.05) is 26.2 Å². The third kappa shape index (κ3) is 5.16. The molecule has 10 atom stereocenters. The summed E-state index contributed by atoms with van der Waals surface area (Å²) in [7, 11) is 0. The number of carbonyl (C=O) groups excluding carboxylic acids is 2. The number of fused-ring (bicyclic) bond motifs is 5. The number of hydrogen-bond acceptors (Lipinski definition) is 6. The first-order chi connectivity index (χ1) is 19.2. The van der Waals surface area contributed by atoms with Gasteiger partial charge in [-0.3, -0.25) is 19.4 Å². The standard InChI is InChI=1S/C34H56N2O4/c1-23(37)39-31-20-25-12-13-26-27(34(25,4)22-30(31)36-18-10-7-11-19-36)14-15-33(3)28(26)21-29(32(33)40-24(2)38)35-16-8-5-6-9-17-35/h25-32H,5-22H2,1-4H3/t25-,26+,27-,28-,29-,30-,31-,32-,33-,34-/m0/s1. The van der Waals surface area contributed by atoms with Crippen LogP contribution in [0.15, 0.2) is 0 Å². The lowest BCUT2D eigenvalue weighted by atomic mass is 9.44. The number of rotatable bonds is 4. The maximum absolute atomic E-state index is 12.4. The normalized spacial score (nSPS) is 46.4. The fourth-order valence-corrected chi connectivity index (χ4v) is 11.3. The lowest BCUT2D eigenvalue weighted by Crippen LogP contribution is -2.61. The summed E-state index contributed by atoms with van der Waals surface area (Å²) in [5, 5.41) is 0. The zero-order valence-corrected chi connectivity index (χ0v) is 25.9. The molecule has 0 aromatic carbocycles. The zero-order valence-electron chi connectivity index (χ0n) is 25.9. The molecular formula is C34H56N2O4. The number of piperidine rings is 1. The van der Waals surface area contributed by atoms with E-state index in [1.54, 1.807) is 13.8 Å².